The number of nitrogens with one attached hydrogen (secondary N) is 1. The van der Waals surface area contributed by atoms with Crippen LogP contribution < -0.4 is 9.62 Å². The van der Waals surface area contributed by atoms with Gasteiger partial charge in [-0.25, -0.2) is 8.42 Å². The van der Waals surface area contributed by atoms with E-state index in [1.807, 2.05) is 31.1 Å². The zero-order valence-corrected chi connectivity index (χ0v) is 11.9. The van der Waals surface area contributed by atoms with Gasteiger partial charge in [-0.3, -0.25) is 4.72 Å². The molecule has 1 rings (SSSR count). The van der Waals surface area contributed by atoms with E-state index in [2.05, 4.69) is 20.7 Å². The van der Waals surface area contributed by atoms with Gasteiger partial charge < -0.3 is 4.90 Å². The van der Waals surface area contributed by atoms with Crippen LogP contribution in [0.3, 0.4) is 0 Å². The van der Waals surface area contributed by atoms with Crippen LogP contribution in [-0.2, 0) is 10.0 Å². The summed E-state index contributed by atoms with van der Waals surface area (Å²) in [6, 6.07) is 5.49. The molecule has 0 heterocycles. The lowest BCUT2D eigenvalue weighted by Crippen LogP contribution is -2.18. The Kier molecular flexibility index (Phi) is 4.21. The Morgan fingerprint density at radius 3 is 2.50 bits per heavy atom. The molecule has 0 saturated heterocycles. The summed E-state index contributed by atoms with van der Waals surface area (Å²) < 4.78 is 26.4. The average Bonchev–Trinajstić information content (AvgIpc) is 2.16. The van der Waals surface area contributed by atoms with E-state index in [4.69, 9.17) is 0 Å². The minimum Gasteiger partial charge on any atom is -0.376 e. The normalized spacial score (nSPS) is 11.2. The van der Waals surface area contributed by atoms with Crippen molar-refractivity contribution in [1.29, 1.82) is 0 Å². The third kappa shape index (κ3) is 3.38. The van der Waals surface area contributed by atoms with Gasteiger partial charge in [0.25, 0.3) is 0 Å². The molecule has 0 amide bonds. The molecule has 0 unspecified atom stereocenters. The van der Waals surface area contributed by atoms with E-state index in [0.717, 1.165) is 10.2 Å². The van der Waals surface area contributed by atoms with Crippen LogP contribution in [0.15, 0.2) is 22.7 Å². The molecule has 0 bridgehead atoms. The van der Waals surface area contributed by atoms with Gasteiger partial charge >= 0.3 is 0 Å². The molecule has 0 aromatic heterocycles. The summed E-state index contributed by atoms with van der Waals surface area (Å²) in [6.45, 7) is 1.61. The largest absolute Gasteiger partial charge is 0.376 e. The highest BCUT2D eigenvalue weighted by Gasteiger charge is 2.11. The second-order valence-electron chi connectivity index (χ2n) is 3.56. The first-order chi connectivity index (χ1) is 7.35. The Morgan fingerprint density at radius 2 is 2.00 bits per heavy atom. The van der Waals surface area contributed by atoms with E-state index in [1.165, 1.54) is 0 Å². The Labute approximate surface area is 105 Å². The number of rotatable bonds is 4. The first kappa shape index (κ1) is 13.3. The molecule has 6 heteroatoms. The fourth-order valence-corrected chi connectivity index (χ4v) is 2.22. The predicted molar refractivity (Wildman–Crippen MR) is 71.6 cm³/mol. The summed E-state index contributed by atoms with van der Waals surface area (Å²) in [4.78, 5) is 1.86. The maximum Gasteiger partial charge on any atom is 0.232 e. The zero-order valence-electron chi connectivity index (χ0n) is 9.49. The highest BCUT2D eigenvalue weighted by Crippen LogP contribution is 2.28. The molecule has 0 aliphatic carbocycles. The van der Waals surface area contributed by atoms with Crippen LogP contribution in [0.2, 0.25) is 0 Å². The Bertz CT molecular complexity index is 472. The number of hydrogen-bond donors (Lipinski definition) is 1. The van der Waals surface area contributed by atoms with Crippen LogP contribution in [0.25, 0.3) is 0 Å². The van der Waals surface area contributed by atoms with Crippen LogP contribution in [-0.4, -0.2) is 28.3 Å². The van der Waals surface area contributed by atoms with Crippen molar-refractivity contribution in [2.24, 2.45) is 0 Å². The van der Waals surface area contributed by atoms with Gasteiger partial charge in [-0.15, -0.1) is 0 Å². The van der Waals surface area contributed by atoms with Gasteiger partial charge in [-0.1, -0.05) is 15.9 Å². The number of benzene rings is 1. The molecule has 0 atom stereocenters. The summed E-state index contributed by atoms with van der Waals surface area (Å²) >= 11 is 3.32. The quantitative estimate of drug-likeness (QED) is 0.928. The summed E-state index contributed by atoms with van der Waals surface area (Å²) in [7, 11) is 0.493. The second-order valence-corrected chi connectivity index (χ2v) is 6.49. The summed E-state index contributed by atoms with van der Waals surface area (Å²) in [6.07, 6.45) is 0. The van der Waals surface area contributed by atoms with E-state index >= 15 is 0 Å². The number of hydrogen-bond acceptors (Lipinski definition) is 3. The van der Waals surface area contributed by atoms with E-state index in [1.54, 1.807) is 13.0 Å². The molecule has 1 aromatic carbocycles. The standard InChI is InChI=1S/C10H15BrN2O2S/c1-4-16(14,15)12-9-7-8(11)5-6-10(9)13(2)3/h5-7,12H,4H2,1-3H3. The second kappa shape index (κ2) is 5.05. The van der Waals surface area contributed by atoms with Crippen LogP contribution in [0.1, 0.15) is 6.92 Å². The number of halogens is 1. The maximum absolute atomic E-state index is 11.5. The van der Waals surface area contributed by atoms with Gasteiger partial charge in [-0.2, -0.15) is 0 Å². The monoisotopic (exact) mass is 306 g/mol. The maximum atomic E-state index is 11.5. The lowest BCUT2D eigenvalue weighted by Gasteiger charge is -2.18. The lowest BCUT2D eigenvalue weighted by atomic mass is 10.2. The van der Waals surface area contributed by atoms with Crippen molar-refractivity contribution in [2.45, 2.75) is 6.92 Å². The van der Waals surface area contributed by atoms with Crippen molar-refractivity contribution in [3.8, 4) is 0 Å². The van der Waals surface area contributed by atoms with Crippen LogP contribution in [0, 0.1) is 0 Å². The summed E-state index contributed by atoms with van der Waals surface area (Å²) in [5.41, 5.74) is 1.42. The first-order valence-electron chi connectivity index (χ1n) is 4.83. The number of nitrogens with zero attached hydrogens (tertiary/aromatic N) is 1. The van der Waals surface area contributed by atoms with Crippen molar-refractivity contribution >= 4 is 37.3 Å². The Balaban J connectivity index is 3.16. The number of anilines is 2. The molecule has 90 valence electrons. The van der Waals surface area contributed by atoms with Crippen LogP contribution >= 0.6 is 15.9 Å². The van der Waals surface area contributed by atoms with Crippen LogP contribution in [0.5, 0.6) is 0 Å². The molecule has 4 nitrogen and oxygen atoms in total. The highest BCUT2D eigenvalue weighted by molar-refractivity contribution is 9.10. The van der Waals surface area contributed by atoms with E-state index in [0.29, 0.717) is 5.69 Å². The molecular weight excluding hydrogens is 292 g/mol. The van der Waals surface area contributed by atoms with Crippen molar-refractivity contribution < 1.29 is 8.42 Å². The van der Waals surface area contributed by atoms with Gasteiger partial charge in [0.15, 0.2) is 0 Å². The van der Waals surface area contributed by atoms with Gasteiger partial charge in [0.2, 0.25) is 10.0 Å². The Hall–Kier alpha value is -0.750. The molecule has 1 N–H and O–H groups in total. The summed E-state index contributed by atoms with van der Waals surface area (Å²) in [5, 5.41) is 0. The van der Waals surface area contributed by atoms with Gasteiger partial charge in [0.05, 0.1) is 17.1 Å². The lowest BCUT2D eigenvalue weighted by molar-refractivity contribution is 0.602. The summed E-state index contributed by atoms with van der Waals surface area (Å²) in [5.74, 6) is 0.0619. The minimum absolute atomic E-state index is 0.0619. The van der Waals surface area contributed by atoms with Crippen molar-refractivity contribution in [2.75, 3.05) is 29.5 Å². The average molecular weight is 307 g/mol. The van der Waals surface area contributed by atoms with Gasteiger partial charge in [0, 0.05) is 18.6 Å². The molecule has 0 radical (unpaired) electrons. The van der Waals surface area contributed by atoms with Gasteiger partial charge in [0.1, 0.15) is 0 Å². The predicted octanol–water partition coefficient (Wildman–Crippen LogP) is 2.28. The van der Waals surface area contributed by atoms with Crippen molar-refractivity contribution in [3.05, 3.63) is 22.7 Å². The molecule has 0 saturated carbocycles. The van der Waals surface area contributed by atoms with Crippen LogP contribution in [0.4, 0.5) is 11.4 Å². The SMILES string of the molecule is CCS(=O)(=O)Nc1cc(Br)ccc1N(C)C. The molecule has 0 spiro atoms. The molecule has 1 aromatic rings. The topological polar surface area (TPSA) is 49.4 Å². The van der Waals surface area contributed by atoms with Crippen molar-refractivity contribution in [1.82, 2.24) is 0 Å². The highest BCUT2D eigenvalue weighted by atomic mass is 79.9. The molecule has 16 heavy (non-hydrogen) atoms. The smallest absolute Gasteiger partial charge is 0.232 e. The zero-order chi connectivity index (χ0) is 12.3. The minimum atomic E-state index is -3.24. The van der Waals surface area contributed by atoms with E-state index in [9.17, 15) is 8.42 Å². The molecule has 0 aliphatic heterocycles. The first-order valence-corrected chi connectivity index (χ1v) is 7.27. The van der Waals surface area contributed by atoms with Crippen molar-refractivity contribution in [3.63, 3.8) is 0 Å². The number of sulfonamides is 1. The Morgan fingerprint density at radius 1 is 1.38 bits per heavy atom. The fourth-order valence-electron chi connectivity index (χ4n) is 1.22. The third-order valence-corrected chi connectivity index (χ3v) is 3.87. The van der Waals surface area contributed by atoms with Gasteiger partial charge in [-0.05, 0) is 25.1 Å². The molecule has 0 aliphatic rings. The molecular formula is C10H15BrN2O2S. The van der Waals surface area contributed by atoms with E-state index < -0.39 is 10.0 Å². The van der Waals surface area contributed by atoms with E-state index in [-0.39, 0.29) is 5.75 Å². The molecule has 0 fully saturated rings. The third-order valence-electron chi connectivity index (χ3n) is 2.09. The fraction of sp³-hybridized carbons (Fsp3) is 0.400.